The van der Waals surface area contributed by atoms with Crippen molar-refractivity contribution in [2.45, 2.75) is 30.4 Å². The number of ether oxygens (including phenoxy) is 1. The molecule has 6 nitrogen and oxygen atoms in total. The summed E-state index contributed by atoms with van der Waals surface area (Å²) in [7, 11) is 0. The van der Waals surface area contributed by atoms with Gasteiger partial charge in [-0.1, -0.05) is 66.7 Å². The molecule has 0 bridgehead atoms. The Morgan fingerprint density at radius 2 is 1.65 bits per heavy atom. The highest BCUT2D eigenvalue weighted by Gasteiger charge is 2.55. The van der Waals surface area contributed by atoms with E-state index in [1.165, 1.54) is 11.3 Å². The Labute approximate surface area is 220 Å². The molecule has 0 aliphatic carbocycles. The van der Waals surface area contributed by atoms with Crippen molar-refractivity contribution in [2.24, 2.45) is 0 Å². The molecular formula is C27H22F2N2O4S2. The van der Waals surface area contributed by atoms with Gasteiger partial charge >= 0.3 is 5.97 Å². The van der Waals surface area contributed by atoms with Crippen molar-refractivity contribution < 1.29 is 27.9 Å². The number of hydrogen-bond donors (Lipinski definition) is 1. The first-order chi connectivity index (χ1) is 17.9. The largest absolute Gasteiger partial charge is 0.448 e. The fourth-order valence-corrected chi connectivity index (χ4v) is 6.39. The van der Waals surface area contributed by atoms with Crippen LogP contribution in [-0.2, 0) is 25.5 Å². The van der Waals surface area contributed by atoms with Crippen LogP contribution in [0.5, 0.6) is 0 Å². The van der Waals surface area contributed by atoms with E-state index in [9.17, 15) is 23.2 Å². The number of benzene rings is 2. The summed E-state index contributed by atoms with van der Waals surface area (Å²) >= 11 is 2.52. The number of esters is 1. The number of carbonyl (C=O) groups is 3. The predicted molar refractivity (Wildman–Crippen MR) is 137 cm³/mol. The van der Waals surface area contributed by atoms with E-state index >= 15 is 0 Å². The number of carbonyl (C=O) groups excluding carboxylic acids is 3. The second-order valence-electron chi connectivity index (χ2n) is 8.49. The lowest BCUT2D eigenvalue weighted by atomic mass is 10.0. The van der Waals surface area contributed by atoms with Gasteiger partial charge in [0.2, 0.25) is 5.91 Å². The lowest BCUT2D eigenvalue weighted by molar-refractivity contribution is -0.155. The van der Waals surface area contributed by atoms with Crippen molar-refractivity contribution in [2.75, 3.05) is 5.75 Å². The van der Waals surface area contributed by atoms with Gasteiger partial charge in [-0.25, -0.2) is 13.6 Å². The molecule has 2 amide bonds. The summed E-state index contributed by atoms with van der Waals surface area (Å²) in [5.41, 5.74) is 0.431. The predicted octanol–water partition coefficient (Wildman–Crippen LogP) is 4.54. The van der Waals surface area contributed by atoms with Crippen LogP contribution in [-0.4, -0.2) is 46.3 Å². The number of nitrogens with zero attached hydrogens (tertiary/aromatic N) is 1. The van der Waals surface area contributed by atoms with Crippen LogP contribution in [0.1, 0.15) is 22.1 Å². The van der Waals surface area contributed by atoms with Crippen molar-refractivity contribution in [3.8, 4) is 0 Å². The minimum absolute atomic E-state index is 0.113. The lowest BCUT2D eigenvalue weighted by Gasteiger charge is -2.49. The summed E-state index contributed by atoms with van der Waals surface area (Å²) in [4.78, 5) is 40.9. The van der Waals surface area contributed by atoms with Gasteiger partial charge in [0, 0.05) is 16.2 Å². The lowest BCUT2D eigenvalue weighted by Crippen LogP contribution is -2.70. The molecule has 1 aromatic heterocycles. The van der Waals surface area contributed by atoms with E-state index in [2.05, 4.69) is 5.32 Å². The number of fused-ring (bicyclic) bond motifs is 1. The SMILES string of the molecule is O=C(Cc1cccs1)NC1C(=O)N2C(C(=O)OC(c3ccccc3)c3ccccc3)=C(C(F)F)CS[C@H]12. The first kappa shape index (κ1) is 25.2. The molecule has 37 heavy (non-hydrogen) atoms. The van der Waals surface area contributed by atoms with E-state index in [-0.39, 0.29) is 18.1 Å². The van der Waals surface area contributed by atoms with Crippen molar-refractivity contribution >= 4 is 40.9 Å². The molecule has 3 heterocycles. The van der Waals surface area contributed by atoms with Gasteiger partial charge < -0.3 is 10.1 Å². The molecule has 2 atom stereocenters. The molecule has 0 saturated carbocycles. The first-order valence-electron chi connectivity index (χ1n) is 11.5. The van der Waals surface area contributed by atoms with Gasteiger partial charge in [-0.05, 0) is 22.6 Å². The molecule has 0 spiro atoms. The Bertz CT molecular complexity index is 1280. The molecule has 1 fully saturated rings. The number of hydrogen-bond acceptors (Lipinski definition) is 6. The van der Waals surface area contributed by atoms with Crippen LogP contribution in [0.15, 0.2) is 89.4 Å². The summed E-state index contributed by atoms with van der Waals surface area (Å²) in [6.45, 7) is 0. The number of halogens is 2. The van der Waals surface area contributed by atoms with Crippen LogP contribution in [0.3, 0.4) is 0 Å². The maximum Gasteiger partial charge on any atom is 0.356 e. The van der Waals surface area contributed by atoms with E-state index in [4.69, 9.17) is 4.74 Å². The van der Waals surface area contributed by atoms with Crippen molar-refractivity contribution in [3.05, 3.63) is 105 Å². The van der Waals surface area contributed by atoms with Crippen LogP contribution in [0, 0.1) is 0 Å². The zero-order chi connectivity index (χ0) is 25.9. The van der Waals surface area contributed by atoms with Crippen molar-refractivity contribution in [1.29, 1.82) is 0 Å². The quantitative estimate of drug-likeness (QED) is 0.335. The Kier molecular flexibility index (Phi) is 7.38. The van der Waals surface area contributed by atoms with Gasteiger partial charge in [0.25, 0.3) is 12.3 Å². The molecule has 2 aliphatic rings. The molecule has 3 aromatic rings. The third-order valence-electron chi connectivity index (χ3n) is 6.12. The average molecular weight is 541 g/mol. The molecule has 10 heteroatoms. The highest BCUT2D eigenvalue weighted by atomic mass is 32.2. The van der Waals surface area contributed by atoms with Crippen LogP contribution in [0.2, 0.25) is 0 Å². The highest BCUT2D eigenvalue weighted by Crippen LogP contribution is 2.43. The number of rotatable bonds is 8. The molecule has 190 valence electrons. The van der Waals surface area contributed by atoms with Crippen LogP contribution >= 0.6 is 23.1 Å². The van der Waals surface area contributed by atoms with E-state index < -0.39 is 47.1 Å². The van der Waals surface area contributed by atoms with E-state index in [0.29, 0.717) is 11.1 Å². The topological polar surface area (TPSA) is 75.7 Å². The third-order valence-corrected chi connectivity index (χ3v) is 8.29. The zero-order valence-corrected chi connectivity index (χ0v) is 21.0. The Balaban J connectivity index is 1.39. The Morgan fingerprint density at radius 3 is 2.22 bits per heavy atom. The molecule has 2 aromatic carbocycles. The standard InChI is InChI=1S/C27H22F2N2O4S2/c28-24(29)19-15-37-26-21(30-20(32)14-18-12-7-13-36-18)25(33)31(26)22(19)27(34)35-23(16-8-3-1-4-9-16)17-10-5-2-6-11-17/h1-13,21,23-24,26H,14-15H2,(H,30,32)/t21?,26-/m1/s1. The maximum atomic E-state index is 14.0. The number of β-lactam (4-membered cyclic amide) rings is 1. The number of amides is 2. The minimum Gasteiger partial charge on any atom is -0.448 e. The summed E-state index contributed by atoms with van der Waals surface area (Å²) in [6.07, 6.45) is -3.68. The highest BCUT2D eigenvalue weighted by molar-refractivity contribution is 8.00. The monoisotopic (exact) mass is 540 g/mol. The molecule has 2 aliphatic heterocycles. The van der Waals surface area contributed by atoms with Gasteiger partial charge in [0.1, 0.15) is 17.1 Å². The molecular weight excluding hydrogens is 518 g/mol. The van der Waals surface area contributed by atoms with Crippen molar-refractivity contribution in [1.82, 2.24) is 10.2 Å². The van der Waals surface area contributed by atoms with E-state index in [1.807, 2.05) is 29.6 Å². The molecule has 1 N–H and O–H groups in total. The molecule has 5 rings (SSSR count). The number of nitrogens with one attached hydrogen (secondary N) is 1. The molecule has 1 saturated heterocycles. The number of thioether (sulfide) groups is 1. The molecule has 0 radical (unpaired) electrons. The average Bonchev–Trinajstić information content (AvgIpc) is 3.43. The normalized spacial score (nSPS) is 19.0. The minimum atomic E-state index is -2.94. The fraction of sp³-hybridized carbons (Fsp3) is 0.222. The summed E-state index contributed by atoms with van der Waals surface area (Å²) in [5.74, 6) is -2.12. The number of thiophene rings is 1. The maximum absolute atomic E-state index is 14.0. The van der Waals surface area contributed by atoms with Gasteiger partial charge in [0.15, 0.2) is 6.10 Å². The van der Waals surface area contributed by atoms with E-state index in [1.54, 1.807) is 48.5 Å². The van der Waals surface area contributed by atoms with Crippen LogP contribution in [0.25, 0.3) is 0 Å². The van der Waals surface area contributed by atoms with Gasteiger partial charge in [0.05, 0.1) is 6.42 Å². The van der Waals surface area contributed by atoms with Crippen LogP contribution < -0.4 is 5.32 Å². The second-order valence-corrected chi connectivity index (χ2v) is 10.6. The second kappa shape index (κ2) is 10.9. The fourth-order valence-electron chi connectivity index (χ4n) is 4.34. The van der Waals surface area contributed by atoms with Crippen molar-refractivity contribution in [3.63, 3.8) is 0 Å². The van der Waals surface area contributed by atoms with Gasteiger partial charge in [-0.2, -0.15) is 0 Å². The van der Waals surface area contributed by atoms with E-state index in [0.717, 1.165) is 21.5 Å². The smallest absolute Gasteiger partial charge is 0.356 e. The zero-order valence-electron chi connectivity index (χ0n) is 19.4. The summed E-state index contributed by atoms with van der Waals surface area (Å²) in [6, 6.07) is 20.7. The summed E-state index contributed by atoms with van der Waals surface area (Å²) in [5, 5.41) is 3.87. The Hall–Kier alpha value is -3.50. The number of alkyl halides is 2. The molecule has 1 unspecified atom stereocenters. The Morgan fingerprint density at radius 1 is 1.00 bits per heavy atom. The van der Waals surface area contributed by atoms with Gasteiger partial charge in [-0.15, -0.1) is 23.1 Å². The summed E-state index contributed by atoms with van der Waals surface area (Å²) < 4.78 is 33.8. The van der Waals surface area contributed by atoms with Gasteiger partial charge in [-0.3, -0.25) is 14.5 Å². The first-order valence-corrected chi connectivity index (χ1v) is 13.5. The van der Waals surface area contributed by atoms with Crippen LogP contribution in [0.4, 0.5) is 8.78 Å². The third kappa shape index (κ3) is 5.17.